The van der Waals surface area contributed by atoms with Crippen LogP contribution in [0.1, 0.15) is 28.6 Å². The van der Waals surface area contributed by atoms with Crippen molar-refractivity contribution in [2.24, 2.45) is 0 Å². The van der Waals surface area contributed by atoms with E-state index in [1.807, 2.05) is 17.5 Å². The SMILES string of the molecule is CC(CC(=O)O)NC(=O)c1cccc(S(=O)(=O)NCc2cccs2)c1. The Hall–Kier alpha value is -2.23. The lowest BCUT2D eigenvalue weighted by Gasteiger charge is -2.12. The van der Waals surface area contributed by atoms with E-state index >= 15 is 0 Å². The molecule has 0 aliphatic heterocycles. The standard InChI is InChI=1S/C16H18N2O5S2/c1-11(8-15(19)20)18-16(21)12-4-2-6-14(9-12)25(22,23)17-10-13-5-3-7-24-13/h2-7,9,11,17H,8,10H2,1H3,(H,18,21)(H,19,20). The fraction of sp³-hybridized carbons (Fsp3) is 0.250. The number of aliphatic carboxylic acids is 1. The van der Waals surface area contributed by atoms with Crippen molar-refractivity contribution in [2.75, 3.05) is 0 Å². The van der Waals surface area contributed by atoms with Gasteiger partial charge in [0.05, 0.1) is 11.3 Å². The average molecular weight is 382 g/mol. The Bertz CT molecular complexity index is 847. The van der Waals surface area contributed by atoms with Crippen LogP contribution in [0, 0.1) is 0 Å². The van der Waals surface area contributed by atoms with Crippen LogP contribution in [0.15, 0.2) is 46.7 Å². The molecule has 0 aliphatic rings. The first-order valence-corrected chi connectivity index (χ1v) is 9.79. The van der Waals surface area contributed by atoms with Crippen LogP contribution in [0.4, 0.5) is 0 Å². The van der Waals surface area contributed by atoms with Crippen LogP contribution in [-0.2, 0) is 21.4 Å². The van der Waals surface area contributed by atoms with E-state index in [1.54, 1.807) is 6.92 Å². The maximum atomic E-state index is 12.4. The second-order valence-electron chi connectivity index (χ2n) is 5.40. The van der Waals surface area contributed by atoms with Gasteiger partial charge in [0.15, 0.2) is 0 Å². The molecule has 1 unspecified atom stereocenters. The van der Waals surface area contributed by atoms with E-state index in [4.69, 9.17) is 5.11 Å². The highest BCUT2D eigenvalue weighted by Crippen LogP contribution is 2.14. The number of thiophene rings is 1. The van der Waals surface area contributed by atoms with E-state index in [2.05, 4.69) is 10.0 Å². The molecule has 0 fully saturated rings. The Morgan fingerprint density at radius 2 is 2.00 bits per heavy atom. The molecule has 1 atom stereocenters. The maximum Gasteiger partial charge on any atom is 0.305 e. The van der Waals surface area contributed by atoms with Crippen molar-refractivity contribution in [3.05, 3.63) is 52.2 Å². The summed E-state index contributed by atoms with van der Waals surface area (Å²) in [6.45, 7) is 1.74. The van der Waals surface area contributed by atoms with Gasteiger partial charge >= 0.3 is 5.97 Å². The Kier molecular flexibility index (Phi) is 6.29. The van der Waals surface area contributed by atoms with Crippen LogP contribution in [0.2, 0.25) is 0 Å². The predicted octanol–water partition coefficient (Wildman–Crippen LogP) is 1.82. The van der Waals surface area contributed by atoms with Crippen LogP contribution < -0.4 is 10.0 Å². The fourth-order valence-corrected chi connectivity index (χ4v) is 3.88. The second kappa shape index (κ2) is 8.24. The Morgan fingerprint density at radius 1 is 1.24 bits per heavy atom. The maximum absolute atomic E-state index is 12.4. The van der Waals surface area contributed by atoms with E-state index in [-0.39, 0.29) is 23.4 Å². The molecular weight excluding hydrogens is 364 g/mol. The number of sulfonamides is 1. The number of benzene rings is 1. The van der Waals surface area contributed by atoms with Crippen molar-refractivity contribution in [1.29, 1.82) is 0 Å². The van der Waals surface area contributed by atoms with Crippen molar-refractivity contribution >= 4 is 33.2 Å². The van der Waals surface area contributed by atoms with E-state index in [0.29, 0.717) is 0 Å². The van der Waals surface area contributed by atoms with Gasteiger partial charge in [0.2, 0.25) is 10.0 Å². The molecule has 2 rings (SSSR count). The number of hydrogen-bond acceptors (Lipinski definition) is 5. The summed E-state index contributed by atoms with van der Waals surface area (Å²) in [5, 5.41) is 13.1. The fourth-order valence-electron chi connectivity index (χ4n) is 2.09. The van der Waals surface area contributed by atoms with Gasteiger partial charge in [-0.3, -0.25) is 9.59 Å². The number of nitrogens with one attached hydrogen (secondary N) is 2. The van der Waals surface area contributed by atoms with Crippen molar-refractivity contribution in [3.8, 4) is 0 Å². The van der Waals surface area contributed by atoms with Gasteiger partial charge in [-0.2, -0.15) is 0 Å². The minimum atomic E-state index is -3.76. The highest BCUT2D eigenvalue weighted by atomic mass is 32.2. The number of carboxylic acid groups (broad SMARTS) is 1. The lowest BCUT2D eigenvalue weighted by atomic mass is 10.2. The average Bonchev–Trinajstić information content (AvgIpc) is 3.06. The quantitative estimate of drug-likeness (QED) is 0.645. The van der Waals surface area contributed by atoms with Crippen LogP contribution in [0.5, 0.6) is 0 Å². The minimum absolute atomic E-state index is 0.0254. The molecule has 0 aliphatic carbocycles. The molecule has 1 heterocycles. The first-order chi connectivity index (χ1) is 11.8. The summed E-state index contributed by atoms with van der Waals surface area (Å²) in [6.07, 6.45) is -0.216. The summed E-state index contributed by atoms with van der Waals surface area (Å²) in [6, 6.07) is 8.69. The molecule has 9 heteroatoms. The summed E-state index contributed by atoms with van der Waals surface area (Å²) in [5.41, 5.74) is 0.149. The summed E-state index contributed by atoms with van der Waals surface area (Å²) in [5.74, 6) is -1.55. The molecular formula is C16H18N2O5S2. The molecule has 1 aromatic heterocycles. The number of carboxylic acids is 1. The number of rotatable bonds is 8. The summed E-state index contributed by atoms with van der Waals surface area (Å²) >= 11 is 1.44. The molecule has 0 saturated heterocycles. The third-order valence-electron chi connectivity index (χ3n) is 3.28. The van der Waals surface area contributed by atoms with E-state index in [1.165, 1.54) is 35.6 Å². The topological polar surface area (TPSA) is 113 Å². The number of hydrogen-bond donors (Lipinski definition) is 3. The molecule has 0 saturated carbocycles. The molecule has 1 amide bonds. The van der Waals surface area contributed by atoms with Gasteiger partial charge in [-0.25, -0.2) is 13.1 Å². The van der Waals surface area contributed by atoms with Crippen LogP contribution in [0.3, 0.4) is 0 Å². The first kappa shape index (κ1) is 19.1. The monoisotopic (exact) mass is 382 g/mol. The summed E-state index contributed by atoms with van der Waals surface area (Å²) < 4.78 is 27.2. The molecule has 25 heavy (non-hydrogen) atoms. The summed E-state index contributed by atoms with van der Waals surface area (Å²) in [7, 11) is -3.76. The molecule has 1 aromatic carbocycles. The lowest BCUT2D eigenvalue weighted by molar-refractivity contribution is -0.137. The highest BCUT2D eigenvalue weighted by Gasteiger charge is 2.18. The number of carbonyl (C=O) groups excluding carboxylic acids is 1. The van der Waals surface area contributed by atoms with Gasteiger partial charge in [0.1, 0.15) is 0 Å². The smallest absolute Gasteiger partial charge is 0.305 e. The van der Waals surface area contributed by atoms with Gasteiger partial charge < -0.3 is 10.4 Å². The summed E-state index contributed by atoms with van der Waals surface area (Å²) in [4.78, 5) is 23.6. The second-order valence-corrected chi connectivity index (χ2v) is 8.20. The first-order valence-electron chi connectivity index (χ1n) is 7.42. The van der Waals surface area contributed by atoms with E-state index in [9.17, 15) is 18.0 Å². The van der Waals surface area contributed by atoms with E-state index in [0.717, 1.165) is 4.88 Å². The zero-order chi connectivity index (χ0) is 18.4. The normalized spacial score (nSPS) is 12.5. The predicted molar refractivity (Wildman–Crippen MR) is 94.0 cm³/mol. The van der Waals surface area contributed by atoms with Gasteiger partial charge in [0, 0.05) is 23.0 Å². The lowest BCUT2D eigenvalue weighted by Crippen LogP contribution is -2.34. The molecule has 134 valence electrons. The molecule has 0 spiro atoms. The van der Waals surface area contributed by atoms with Gasteiger partial charge in [-0.15, -0.1) is 11.3 Å². The third-order valence-corrected chi connectivity index (χ3v) is 5.56. The number of carbonyl (C=O) groups is 2. The Morgan fingerprint density at radius 3 is 2.64 bits per heavy atom. The van der Waals surface area contributed by atoms with Crippen molar-refractivity contribution < 1.29 is 23.1 Å². The zero-order valence-electron chi connectivity index (χ0n) is 13.4. The van der Waals surface area contributed by atoms with Gasteiger partial charge in [-0.1, -0.05) is 12.1 Å². The number of amides is 1. The van der Waals surface area contributed by atoms with Gasteiger partial charge in [0.25, 0.3) is 5.91 Å². The molecule has 0 bridgehead atoms. The Balaban J connectivity index is 2.09. The van der Waals surface area contributed by atoms with Crippen LogP contribution in [0.25, 0.3) is 0 Å². The van der Waals surface area contributed by atoms with Crippen molar-refractivity contribution in [1.82, 2.24) is 10.0 Å². The van der Waals surface area contributed by atoms with Crippen LogP contribution >= 0.6 is 11.3 Å². The van der Waals surface area contributed by atoms with Gasteiger partial charge in [-0.05, 0) is 36.6 Å². The zero-order valence-corrected chi connectivity index (χ0v) is 15.1. The largest absolute Gasteiger partial charge is 0.481 e. The van der Waals surface area contributed by atoms with Crippen LogP contribution in [-0.4, -0.2) is 31.4 Å². The third kappa shape index (κ3) is 5.66. The van der Waals surface area contributed by atoms with Crippen molar-refractivity contribution in [3.63, 3.8) is 0 Å². The van der Waals surface area contributed by atoms with E-state index < -0.39 is 27.9 Å². The Labute approximate surface area is 149 Å². The highest BCUT2D eigenvalue weighted by molar-refractivity contribution is 7.89. The van der Waals surface area contributed by atoms with Crippen molar-refractivity contribution in [2.45, 2.75) is 30.8 Å². The molecule has 0 radical (unpaired) electrons. The molecule has 2 aromatic rings. The minimum Gasteiger partial charge on any atom is -0.481 e. The molecule has 3 N–H and O–H groups in total. The molecule has 7 nitrogen and oxygen atoms in total.